The van der Waals surface area contributed by atoms with Crippen molar-refractivity contribution < 1.29 is 23.7 Å². The highest BCUT2D eigenvalue weighted by Crippen LogP contribution is 2.40. The van der Waals surface area contributed by atoms with Crippen LogP contribution >= 0.6 is 11.3 Å². The lowest BCUT2D eigenvalue weighted by Gasteiger charge is -2.23. The topological polar surface area (TPSA) is 70.1 Å². The standard InChI is InChI=1S/C22H24N2O5S/c1-26-15-7-4-6-14(12-15)21(25)24(13-16-8-5-11-29-16)22-23-19-17(27-2)9-10-18(28-3)20(19)30-22/h4,6-7,9-10,12,16H,5,8,11,13H2,1-3H3. The van der Waals surface area contributed by atoms with Gasteiger partial charge in [-0.3, -0.25) is 9.69 Å². The predicted octanol–water partition coefficient (Wildman–Crippen LogP) is 4.15. The number of benzene rings is 2. The quantitative estimate of drug-likeness (QED) is 0.563. The summed E-state index contributed by atoms with van der Waals surface area (Å²) < 4.78 is 22.9. The fourth-order valence-electron chi connectivity index (χ4n) is 3.54. The largest absolute Gasteiger partial charge is 0.497 e. The predicted molar refractivity (Wildman–Crippen MR) is 116 cm³/mol. The number of anilines is 1. The zero-order valence-electron chi connectivity index (χ0n) is 17.2. The van der Waals surface area contributed by atoms with Crippen LogP contribution in [-0.2, 0) is 4.74 Å². The molecular formula is C22H24N2O5S. The van der Waals surface area contributed by atoms with Crippen LogP contribution in [0.15, 0.2) is 36.4 Å². The Labute approximate surface area is 179 Å². The van der Waals surface area contributed by atoms with Crippen molar-refractivity contribution in [3.05, 3.63) is 42.0 Å². The van der Waals surface area contributed by atoms with Gasteiger partial charge in [0.2, 0.25) is 0 Å². The van der Waals surface area contributed by atoms with Gasteiger partial charge in [-0.15, -0.1) is 0 Å². The van der Waals surface area contributed by atoms with Crippen LogP contribution < -0.4 is 19.1 Å². The van der Waals surface area contributed by atoms with Crippen molar-refractivity contribution in [2.24, 2.45) is 0 Å². The maximum atomic E-state index is 13.5. The highest BCUT2D eigenvalue weighted by Gasteiger charge is 2.28. The summed E-state index contributed by atoms with van der Waals surface area (Å²) in [6.07, 6.45) is 1.89. The fraction of sp³-hybridized carbons (Fsp3) is 0.364. The number of amides is 1. The van der Waals surface area contributed by atoms with Gasteiger partial charge in [-0.2, -0.15) is 0 Å². The molecule has 1 aromatic heterocycles. The third-order valence-electron chi connectivity index (χ3n) is 5.10. The van der Waals surface area contributed by atoms with Crippen LogP contribution in [0.25, 0.3) is 10.2 Å². The second-order valence-electron chi connectivity index (χ2n) is 6.93. The monoisotopic (exact) mass is 428 g/mol. The smallest absolute Gasteiger partial charge is 0.260 e. The first kappa shape index (κ1) is 20.4. The number of rotatable bonds is 7. The molecule has 4 rings (SSSR count). The highest BCUT2D eigenvalue weighted by atomic mass is 32.1. The fourth-order valence-corrected chi connectivity index (χ4v) is 4.62. The lowest BCUT2D eigenvalue weighted by atomic mass is 10.1. The van der Waals surface area contributed by atoms with Gasteiger partial charge < -0.3 is 18.9 Å². The lowest BCUT2D eigenvalue weighted by Crippen LogP contribution is -2.37. The number of fused-ring (bicyclic) bond motifs is 1. The summed E-state index contributed by atoms with van der Waals surface area (Å²) in [5.74, 6) is 1.81. The zero-order valence-corrected chi connectivity index (χ0v) is 18.0. The number of ether oxygens (including phenoxy) is 4. The second kappa shape index (κ2) is 8.89. The summed E-state index contributed by atoms with van der Waals surface area (Å²) in [7, 11) is 4.80. The Bertz CT molecular complexity index is 1000. The van der Waals surface area contributed by atoms with Crippen LogP contribution in [0.4, 0.5) is 5.13 Å². The van der Waals surface area contributed by atoms with Gasteiger partial charge >= 0.3 is 0 Å². The van der Waals surface area contributed by atoms with Gasteiger partial charge in [0.15, 0.2) is 5.13 Å². The molecule has 1 aliphatic rings. The molecule has 1 saturated heterocycles. The molecule has 2 heterocycles. The second-order valence-corrected chi connectivity index (χ2v) is 7.90. The summed E-state index contributed by atoms with van der Waals surface area (Å²) in [6.45, 7) is 1.15. The molecule has 2 aromatic carbocycles. The molecular weight excluding hydrogens is 404 g/mol. The van der Waals surface area contributed by atoms with Crippen LogP contribution in [0.2, 0.25) is 0 Å². The summed E-state index contributed by atoms with van der Waals surface area (Å²) in [4.78, 5) is 20.0. The number of carbonyl (C=O) groups is 1. The average Bonchev–Trinajstić information content (AvgIpc) is 3.46. The van der Waals surface area contributed by atoms with E-state index >= 15 is 0 Å². The Hall–Kier alpha value is -2.84. The number of thiazole rings is 1. The Balaban J connectivity index is 1.78. The molecule has 158 valence electrons. The van der Waals surface area contributed by atoms with Gasteiger partial charge in [-0.05, 0) is 43.2 Å². The van der Waals surface area contributed by atoms with E-state index in [9.17, 15) is 4.79 Å². The summed E-state index contributed by atoms with van der Waals surface area (Å²) in [6, 6.07) is 10.8. The summed E-state index contributed by atoms with van der Waals surface area (Å²) in [5, 5.41) is 0.580. The van der Waals surface area contributed by atoms with Crippen molar-refractivity contribution in [3.8, 4) is 17.2 Å². The van der Waals surface area contributed by atoms with Crippen molar-refractivity contribution in [1.29, 1.82) is 0 Å². The molecule has 0 saturated carbocycles. The number of hydrogen-bond donors (Lipinski definition) is 0. The van der Waals surface area contributed by atoms with E-state index in [2.05, 4.69) is 0 Å². The number of nitrogens with zero attached hydrogens (tertiary/aromatic N) is 2. The summed E-state index contributed by atoms with van der Waals surface area (Å²) >= 11 is 1.40. The Kier molecular flexibility index (Phi) is 6.06. The Morgan fingerprint density at radius 2 is 1.97 bits per heavy atom. The van der Waals surface area contributed by atoms with Gasteiger partial charge in [-0.1, -0.05) is 17.4 Å². The normalized spacial score (nSPS) is 15.9. The lowest BCUT2D eigenvalue weighted by molar-refractivity contribution is 0.0917. The van der Waals surface area contributed by atoms with E-state index in [4.69, 9.17) is 23.9 Å². The van der Waals surface area contributed by atoms with E-state index in [1.807, 2.05) is 18.2 Å². The molecule has 0 N–H and O–H groups in total. The molecule has 8 heteroatoms. The third-order valence-corrected chi connectivity index (χ3v) is 6.19. The third kappa shape index (κ3) is 3.93. The highest BCUT2D eigenvalue weighted by molar-refractivity contribution is 7.22. The minimum absolute atomic E-state index is 0.0182. The van der Waals surface area contributed by atoms with Crippen molar-refractivity contribution in [3.63, 3.8) is 0 Å². The minimum atomic E-state index is -0.151. The van der Waals surface area contributed by atoms with E-state index in [1.165, 1.54) is 11.3 Å². The molecule has 1 atom stereocenters. The van der Waals surface area contributed by atoms with Crippen molar-refractivity contribution >= 4 is 32.6 Å². The molecule has 1 aliphatic heterocycles. The van der Waals surface area contributed by atoms with E-state index < -0.39 is 0 Å². The molecule has 30 heavy (non-hydrogen) atoms. The SMILES string of the molecule is COc1cccc(C(=O)N(CC2CCCO2)c2nc3c(OC)ccc(OC)c3s2)c1. The minimum Gasteiger partial charge on any atom is -0.497 e. The van der Waals surface area contributed by atoms with Crippen LogP contribution in [0, 0.1) is 0 Å². The van der Waals surface area contributed by atoms with E-state index in [-0.39, 0.29) is 12.0 Å². The maximum Gasteiger partial charge on any atom is 0.260 e. The Morgan fingerprint density at radius 1 is 1.17 bits per heavy atom. The number of methoxy groups -OCH3 is 3. The first-order valence-electron chi connectivity index (χ1n) is 9.73. The van der Waals surface area contributed by atoms with Gasteiger partial charge in [0, 0.05) is 12.2 Å². The van der Waals surface area contributed by atoms with Gasteiger partial charge in [-0.25, -0.2) is 4.98 Å². The molecule has 1 fully saturated rings. The van der Waals surface area contributed by atoms with Gasteiger partial charge in [0.05, 0.1) is 34.0 Å². The van der Waals surface area contributed by atoms with Crippen LogP contribution in [0.3, 0.4) is 0 Å². The van der Waals surface area contributed by atoms with Crippen molar-refractivity contribution in [1.82, 2.24) is 4.98 Å². The molecule has 1 amide bonds. The van der Waals surface area contributed by atoms with Crippen LogP contribution in [-0.4, -0.2) is 51.5 Å². The van der Waals surface area contributed by atoms with E-state index in [0.717, 1.165) is 17.5 Å². The molecule has 0 bridgehead atoms. The first-order chi connectivity index (χ1) is 14.6. The van der Waals surface area contributed by atoms with Gasteiger partial charge in [0.25, 0.3) is 5.91 Å². The maximum absolute atomic E-state index is 13.5. The number of carbonyl (C=O) groups excluding carboxylic acids is 1. The van der Waals surface area contributed by atoms with Crippen molar-refractivity contribution in [2.75, 3.05) is 39.4 Å². The molecule has 0 spiro atoms. The van der Waals surface area contributed by atoms with E-state index in [1.54, 1.807) is 44.4 Å². The van der Waals surface area contributed by atoms with Gasteiger partial charge in [0.1, 0.15) is 27.5 Å². The Morgan fingerprint density at radius 3 is 2.67 bits per heavy atom. The van der Waals surface area contributed by atoms with Crippen LogP contribution in [0.1, 0.15) is 23.2 Å². The van der Waals surface area contributed by atoms with E-state index in [0.29, 0.717) is 46.6 Å². The average molecular weight is 429 g/mol. The van der Waals surface area contributed by atoms with Crippen molar-refractivity contribution in [2.45, 2.75) is 18.9 Å². The molecule has 7 nitrogen and oxygen atoms in total. The molecule has 0 radical (unpaired) electrons. The summed E-state index contributed by atoms with van der Waals surface area (Å²) in [5.41, 5.74) is 1.21. The van der Waals surface area contributed by atoms with Crippen LogP contribution in [0.5, 0.6) is 17.2 Å². The molecule has 1 unspecified atom stereocenters. The molecule has 0 aliphatic carbocycles. The number of aromatic nitrogens is 1. The molecule has 3 aromatic rings. The zero-order chi connectivity index (χ0) is 21.1. The number of hydrogen-bond acceptors (Lipinski definition) is 7. The first-order valence-corrected chi connectivity index (χ1v) is 10.5.